The van der Waals surface area contributed by atoms with Crippen LogP contribution in [0.5, 0.6) is 0 Å². The standard InChI is InChI=1S/C23H31ClN4O2S.C21H29ClN4OS.C2H3ClO/c1-15(29)27-18-4-2-16(3-5-18)10-19-11-20(21(24)13-25-19)22-14-31-23(28-22)26-12-17-6-8-30-9-7-17;22-19-12-24-17(9-14-1-3-16(23)4-2-14)10-18(19)20-13-28-21(26-20)25-11-15-5-7-27-8-6-15;1-2(3)4/h11,13-14,16-18H,2-10,12H2,1H3,(H,26,28)(H,27,29);10,12-16H,1-9,11,23H2,(H,25,26);1H3. The number of carbonyl (C=O) groups is 2. The number of nitrogens with zero attached hydrogens (tertiary/aromatic N) is 4. The number of carbonyl (C=O) groups excluding carboxylic acids is 2. The highest BCUT2D eigenvalue weighted by atomic mass is 35.5. The first-order chi connectivity index (χ1) is 30.5. The summed E-state index contributed by atoms with van der Waals surface area (Å²) in [6.07, 6.45) is 18.9. The first kappa shape index (κ1) is 49.5. The van der Waals surface area contributed by atoms with E-state index in [2.05, 4.69) is 60.4 Å². The average molecular weight is 963 g/mol. The van der Waals surface area contributed by atoms with Gasteiger partial charge in [-0.3, -0.25) is 19.6 Å². The van der Waals surface area contributed by atoms with E-state index in [4.69, 9.17) is 48.4 Å². The van der Waals surface area contributed by atoms with Gasteiger partial charge < -0.3 is 31.2 Å². The molecule has 12 nitrogen and oxygen atoms in total. The van der Waals surface area contributed by atoms with Crippen LogP contribution in [0.1, 0.15) is 102 Å². The Balaban J connectivity index is 0.000000194. The molecule has 1 amide bonds. The van der Waals surface area contributed by atoms with Crippen LogP contribution in [0.3, 0.4) is 0 Å². The van der Waals surface area contributed by atoms with Crippen molar-refractivity contribution in [2.24, 2.45) is 29.4 Å². The fourth-order valence-electron chi connectivity index (χ4n) is 8.68. The van der Waals surface area contributed by atoms with E-state index in [0.717, 1.165) is 161 Å². The van der Waals surface area contributed by atoms with Crippen LogP contribution in [-0.4, -0.2) is 82.7 Å². The molecule has 4 fully saturated rings. The summed E-state index contributed by atoms with van der Waals surface area (Å²) in [5.41, 5.74) is 12.0. The van der Waals surface area contributed by atoms with E-state index in [9.17, 15) is 9.59 Å². The van der Waals surface area contributed by atoms with Crippen LogP contribution < -0.4 is 21.7 Å². The average Bonchev–Trinajstić information content (AvgIpc) is 3.96. The molecule has 5 N–H and O–H groups in total. The Bertz CT molecular complexity index is 2020. The summed E-state index contributed by atoms with van der Waals surface area (Å²) in [4.78, 5) is 39.2. The van der Waals surface area contributed by atoms with E-state index >= 15 is 0 Å². The number of hydrogen-bond donors (Lipinski definition) is 4. The highest BCUT2D eigenvalue weighted by Gasteiger charge is 2.24. The van der Waals surface area contributed by atoms with Crippen molar-refractivity contribution in [3.05, 3.63) is 56.7 Å². The van der Waals surface area contributed by atoms with Crippen molar-refractivity contribution < 1.29 is 19.1 Å². The van der Waals surface area contributed by atoms with Crippen molar-refractivity contribution in [1.29, 1.82) is 0 Å². The number of ether oxygens (including phenoxy) is 2. The van der Waals surface area contributed by atoms with Gasteiger partial charge in [-0.05, 0) is 137 Å². The van der Waals surface area contributed by atoms with Gasteiger partial charge in [-0.1, -0.05) is 23.2 Å². The van der Waals surface area contributed by atoms with Gasteiger partial charge >= 0.3 is 0 Å². The van der Waals surface area contributed by atoms with E-state index in [0.29, 0.717) is 45.8 Å². The summed E-state index contributed by atoms with van der Waals surface area (Å²) in [6.45, 7) is 8.24. The Morgan fingerprint density at radius 2 is 1.08 bits per heavy atom. The lowest BCUT2D eigenvalue weighted by Gasteiger charge is -2.28. The molecule has 2 aliphatic carbocycles. The molecule has 6 heterocycles. The number of rotatable bonds is 13. The number of pyridine rings is 2. The molecule has 0 radical (unpaired) electrons. The quantitative estimate of drug-likeness (QED) is 0.0942. The van der Waals surface area contributed by atoms with Crippen LogP contribution in [0.15, 0.2) is 35.3 Å². The largest absolute Gasteiger partial charge is 0.381 e. The Hall–Kier alpha value is -2.95. The van der Waals surface area contributed by atoms with Crippen molar-refractivity contribution in [1.82, 2.24) is 25.3 Å². The first-order valence-corrected chi connectivity index (χ1v) is 25.4. The molecule has 0 unspecified atom stereocenters. The highest BCUT2D eigenvalue weighted by molar-refractivity contribution is 7.14. The molecular formula is C46H63Cl3N8O4S2. The maximum atomic E-state index is 11.3. The molecule has 2 saturated heterocycles. The zero-order valence-corrected chi connectivity index (χ0v) is 40.4. The molecule has 4 aromatic rings. The lowest BCUT2D eigenvalue weighted by molar-refractivity contribution is -0.120. The molecular weight excluding hydrogens is 899 g/mol. The van der Waals surface area contributed by atoms with Gasteiger partial charge in [0.05, 0.1) is 21.4 Å². The normalized spacial score (nSPS) is 21.9. The van der Waals surface area contributed by atoms with E-state index in [1.165, 1.54) is 19.8 Å². The zero-order valence-electron chi connectivity index (χ0n) is 36.5. The van der Waals surface area contributed by atoms with E-state index in [-0.39, 0.29) is 11.1 Å². The Morgan fingerprint density at radius 3 is 1.49 bits per heavy atom. The van der Waals surface area contributed by atoms with Crippen molar-refractivity contribution in [2.75, 3.05) is 50.2 Å². The number of aromatic nitrogens is 4. The molecule has 8 rings (SSSR count). The van der Waals surface area contributed by atoms with Crippen molar-refractivity contribution in [3.63, 3.8) is 0 Å². The molecule has 17 heteroatoms. The number of hydrogen-bond acceptors (Lipinski definition) is 13. The van der Waals surface area contributed by atoms with Crippen LogP contribution in [0.2, 0.25) is 10.0 Å². The second-order valence-electron chi connectivity index (χ2n) is 17.3. The second-order valence-corrected chi connectivity index (χ2v) is 20.4. The molecule has 2 aliphatic heterocycles. The number of anilines is 2. The van der Waals surface area contributed by atoms with Gasteiger partial charge in [0.25, 0.3) is 0 Å². The van der Waals surface area contributed by atoms with E-state index in [1.807, 2.05) is 0 Å². The van der Waals surface area contributed by atoms with Crippen molar-refractivity contribution in [3.8, 4) is 22.5 Å². The minimum Gasteiger partial charge on any atom is -0.381 e. The number of nitrogens with one attached hydrogen (secondary N) is 3. The highest BCUT2D eigenvalue weighted by Crippen LogP contribution is 2.35. The predicted molar refractivity (Wildman–Crippen MR) is 258 cm³/mol. The number of halogens is 3. The third-order valence-corrected chi connectivity index (χ3v) is 14.5. The fourth-order valence-corrected chi connectivity index (χ4v) is 10.5. The van der Waals surface area contributed by atoms with Crippen LogP contribution in [-0.2, 0) is 31.9 Å². The molecule has 0 spiro atoms. The summed E-state index contributed by atoms with van der Waals surface area (Å²) >= 11 is 20.8. The van der Waals surface area contributed by atoms with Gasteiger partial charge in [-0.25, -0.2) is 9.97 Å². The fraction of sp³-hybridized carbons (Fsp3) is 0.609. The van der Waals surface area contributed by atoms with Gasteiger partial charge in [0.15, 0.2) is 10.3 Å². The van der Waals surface area contributed by atoms with E-state index in [1.54, 1.807) is 42.0 Å². The lowest BCUT2D eigenvalue weighted by atomic mass is 9.83. The molecule has 0 atom stereocenters. The summed E-state index contributed by atoms with van der Waals surface area (Å²) in [5, 5.41) is 17.0. The maximum absolute atomic E-state index is 11.3. The zero-order chi connectivity index (χ0) is 44.6. The third kappa shape index (κ3) is 16.8. The topological polar surface area (TPSA) is 166 Å². The van der Waals surface area contributed by atoms with Crippen LogP contribution in [0, 0.1) is 23.7 Å². The minimum absolute atomic E-state index is 0.0670. The van der Waals surface area contributed by atoms with Gasteiger partial charge in [-0.15, -0.1) is 22.7 Å². The lowest BCUT2D eigenvalue weighted by Crippen LogP contribution is -2.36. The van der Waals surface area contributed by atoms with Gasteiger partial charge in [0.2, 0.25) is 11.1 Å². The maximum Gasteiger partial charge on any atom is 0.218 e. The summed E-state index contributed by atoms with van der Waals surface area (Å²) in [7, 11) is 0. The number of amides is 1. The number of thiazole rings is 2. The predicted octanol–water partition coefficient (Wildman–Crippen LogP) is 10.5. The Labute approximate surface area is 395 Å². The summed E-state index contributed by atoms with van der Waals surface area (Å²) in [5.74, 6) is 2.66. The molecule has 2 saturated carbocycles. The summed E-state index contributed by atoms with van der Waals surface area (Å²) in [6, 6.07) is 4.92. The molecule has 4 aliphatic rings. The molecule has 63 heavy (non-hydrogen) atoms. The Morgan fingerprint density at radius 1 is 0.667 bits per heavy atom. The molecule has 4 aromatic heterocycles. The Kier molecular flexibility index (Phi) is 20.2. The smallest absolute Gasteiger partial charge is 0.218 e. The van der Waals surface area contributed by atoms with Crippen molar-refractivity contribution >= 4 is 78.9 Å². The monoisotopic (exact) mass is 960 g/mol. The minimum atomic E-state index is -0.361. The van der Waals surface area contributed by atoms with Crippen LogP contribution in [0.4, 0.5) is 10.3 Å². The SMILES string of the molecule is CC(=O)Cl.CC(=O)NC1CCC(Cc2cc(-c3csc(NCC4CCOCC4)n3)c(Cl)cn2)CC1.NC1CCC(Cc2cc(-c3csc(NCC4CCOCC4)n3)c(Cl)cn2)CC1. The van der Waals surface area contributed by atoms with Crippen LogP contribution >= 0.6 is 57.5 Å². The van der Waals surface area contributed by atoms with Crippen molar-refractivity contribution in [2.45, 2.75) is 116 Å². The van der Waals surface area contributed by atoms with Crippen LogP contribution in [0.25, 0.3) is 22.5 Å². The molecule has 0 aromatic carbocycles. The first-order valence-electron chi connectivity index (χ1n) is 22.5. The third-order valence-electron chi connectivity index (χ3n) is 12.3. The molecule has 344 valence electrons. The van der Waals surface area contributed by atoms with Gasteiger partial charge in [0.1, 0.15) is 0 Å². The summed E-state index contributed by atoms with van der Waals surface area (Å²) < 4.78 is 10.9. The van der Waals surface area contributed by atoms with E-state index < -0.39 is 0 Å². The number of nitrogens with two attached hydrogens (primary N) is 1. The van der Waals surface area contributed by atoms with Gasteiger partial charge in [0, 0.05) is 111 Å². The second kappa shape index (κ2) is 25.7. The van der Waals surface area contributed by atoms with Gasteiger partial charge in [-0.2, -0.15) is 0 Å². The molecule has 0 bridgehead atoms.